The van der Waals surface area contributed by atoms with Gasteiger partial charge in [-0.1, -0.05) is 32.0 Å². The summed E-state index contributed by atoms with van der Waals surface area (Å²) in [5.41, 5.74) is 12.4. The Bertz CT molecular complexity index is 1180. The maximum absolute atomic E-state index is 13.2. The molecule has 13 nitrogen and oxygen atoms in total. The van der Waals surface area contributed by atoms with Crippen molar-refractivity contribution in [2.75, 3.05) is 0 Å². The predicted octanol–water partition coefficient (Wildman–Crippen LogP) is -0.731. The number of H-pyrrole nitrogens is 1. The van der Waals surface area contributed by atoms with Crippen molar-refractivity contribution < 1.29 is 34.2 Å². The molecule has 1 heterocycles. The summed E-state index contributed by atoms with van der Waals surface area (Å²) >= 11 is 0. The number of carbonyl (C=O) groups is 5. The van der Waals surface area contributed by atoms with Crippen molar-refractivity contribution in [3.63, 3.8) is 0 Å². The third kappa shape index (κ3) is 9.37. The molecule has 0 aliphatic rings. The van der Waals surface area contributed by atoms with Gasteiger partial charge < -0.3 is 42.6 Å². The van der Waals surface area contributed by atoms with E-state index in [1.807, 2.05) is 38.1 Å². The van der Waals surface area contributed by atoms with Crippen LogP contribution in [0.2, 0.25) is 0 Å². The fourth-order valence-corrected chi connectivity index (χ4v) is 4.01. The maximum Gasteiger partial charge on any atom is 0.326 e. The first kappa shape index (κ1) is 31.2. The van der Waals surface area contributed by atoms with Crippen LogP contribution in [-0.2, 0) is 30.4 Å². The minimum absolute atomic E-state index is 0.0369. The highest BCUT2D eigenvalue weighted by Gasteiger charge is 2.31. The molecule has 10 N–H and O–H groups in total. The number of nitrogens with one attached hydrogen (secondary N) is 4. The Labute approximate surface area is 226 Å². The summed E-state index contributed by atoms with van der Waals surface area (Å²) < 4.78 is 0. The third-order valence-corrected chi connectivity index (χ3v) is 6.19. The Balaban J connectivity index is 2.21. The number of hydrogen-bond donors (Lipinski definition) is 8. The normalized spacial score (nSPS) is 15.1. The van der Waals surface area contributed by atoms with E-state index in [4.69, 9.17) is 11.5 Å². The minimum atomic E-state index is -1.33. The molecule has 5 atom stereocenters. The number of carboxylic acids is 1. The van der Waals surface area contributed by atoms with Gasteiger partial charge in [-0.15, -0.1) is 0 Å². The molecule has 39 heavy (non-hydrogen) atoms. The number of aromatic nitrogens is 1. The molecule has 13 heteroatoms. The summed E-state index contributed by atoms with van der Waals surface area (Å²) in [6.45, 7) is 4.97. The van der Waals surface area contributed by atoms with Gasteiger partial charge in [0, 0.05) is 29.9 Å². The number of aromatic amines is 1. The van der Waals surface area contributed by atoms with Gasteiger partial charge >= 0.3 is 5.97 Å². The molecule has 0 aliphatic heterocycles. The second-order valence-electron chi connectivity index (χ2n) is 9.99. The number of benzene rings is 1. The van der Waals surface area contributed by atoms with E-state index in [2.05, 4.69) is 20.9 Å². The number of amides is 4. The van der Waals surface area contributed by atoms with Crippen LogP contribution in [-0.4, -0.2) is 75.1 Å². The summed E-state index contributed by atoms with van der Waals surface area (Å²) in [5, 5.41) is 27.6. The molecule has 2 aromatic rings. The summed E-state index contributed by atoms with van der Waals surface area (Å²) in [6.07, 6.45) is 0.203. The molecule has 214 valence electrons. The third-order valence-electron chi connectivity index (χ3n) is 6.19. The SMILES string of the molecule is CC(C)CC(NC(=O)C(N)C(C)O)C(=O)NC(CCC(N)=O)C(=O)NC(Cc1c[nH]c2ccccc12)C(=O)O. The molecule has 1 aromatic heterocycles. The van der Waals surface area contributed by atoms with Gasteiger partial charge in [0.2, 0.25) is 23.6 Å². The lowest BCUT2D eigenvalue weighted by Crippen LogP contribution is -2.58. The molecule has 0 bridgehead atoms. The number of aliphatic carboxylic acids is 1. The first-order chi connectivity index (χ1) is 18.3. The van der Waals surface area contributed by atoms with Gasteiger partial charge in [-0.2, -0.15) is 0 Å². The highest BCUT2D eigenvalue weighted by molar-refractivity contribution is 5.94. The van der Waals surface area contributed by atoms with Crippen LogP contribution in [0.3, 0.4) is 0 Å². The van der Waals surface area contributed by atoms with Crippen molar-refractivity contribution in [2.24, 2.45) is 17.4 Å². The molecule has 2 rings (SSSR count). The van der Waals surface area contributed by atoms with Crippen LogP contribution in [0, 0.1) is 5.92 Å². The fourth-order valence-electron chi connectivity index (χ4n) is 4.01. The zero-order valence-electron chi connectivity index (χ0n) is 22.3. The maximum atomic E-state index is 13.2. The standard InChI is InChI=1S/C26H38N6O7/c1-13(2)10-19(31-25(37)22(28)14(3)33)24(36)30-18(8-9-21(27)34)23(35)32-20(26(38)39)11-15-12-29-17-7-5-4-6-16(15)17/h4-7,12-14,18-20,22,29,33H,8-11,28H2,1-3H3,(H2,27,34)(H,30,36)(H,31,37)(H,32,35)(H,38,39). The molecule has 0 fully saturated rings. The minimum Gasteiger partial charge on any atom is -0.480 e. The molecule has 5 unspecified atom stereocenters. The van der Waals surface area contributed by atoms with Gasteiger partial charge in [-0.3, -0.25) is 19.2 Å². The zero-order valence-corrected chi connectivity index (χ0v) is 22.3. The second kappa shape index (κ2) is 14.3. The van der Waals surface area contributed by atoms with Crippen molar-refractivity contribution in [3.8, 4) is 0 Å². The first-order valence-electron chi connectivity index (χ1n) is 12.7. The Morgan fingerprint density at radius 3 is 2.10 bits per heavy atom. The second-order valence-corrected chi connectivity index (χ2v) is 9.99. The number of rotatable bonds is 15. The Kier molecular flexibility index (Phi) is 11.4. The summed E-state index contributed by atoms with van der Waals surface area (Å²) in [6, 6.07) is 2.27. The largest absolute Gasteiger partial charge is 0.480 e. The van der Waals surface area contributed by atoms with Crippen LogP contribution in [0.1, 0.15) is 45.6 Å². The Morgan fingerprint density at radius 2 is 1.51 bits per heavy atom. The van der Waals surface area contributed by atoms with E-state index in [1.54, 1.807) is 6.20 Å². The quantitative estimate of drug-likeness (QED) is 0.142. The van der Waals surface area contributed by atoms with E-state index in [9.17, 15) is 34.2 Å². The topological polar surface area (TPSA) is 230 Å². The highest BCUT2D eigenvalue weighted by atomic mass is 16.4. The van der Waals surface area contributed by atoms with Crippen molar-refractivity contribution in [1.29, 1.82) is 0 Å². The molecular formula is C26H38N6O7. The van der Waals surface area contributed by atoms with Crippen LogP contribution in [0.4, 0.5) is 0 Å². The first-order valence-corrected chi connectivity index (χ1v) is 12.7. The van der Waals surface area contributed by atoms with E-state index in [0.717, 1.165) is 10.9 Å². The number of carbonyl (C=O) groups excluding carboxylic acids is 4. The molecule has 1 aromatic carbocycles. The predicted molar refractivity (Wildman–Crippen MR) is 143 cm³/mol. The lowest BCUT2D eigenvalue weighted by atomic mass is 10.0. The molecule has 4 amide bonds. The van der Waals surface area contributed by atoms with Gasteiger partial charge in [0.1, 0.15) is 24.2 Å². The van der Waals surface area contributed by atoms with Crippen LogP contribution < -0.4 is 27.4 Å². The monoisotopic (exact) mass is 546 g/mol. The van der Waals surface area contributed by atoms with E-state index < -0.39 is 59.9 Å². The average Bonchev–Trinajstić information content (AvgIpc) is 3.27. The number of fused-ring (bicyclic) bond motifs is 1. The van der Waals surface area contributed by atoms with Crippen molar-refractivity contribution in [3.05, 3.63) is 36.0 Å². The average molecular weight is 547 g/mol. The highest BCUT2D eigenvalue weighted by Crippen LogP contribution is 2.19. The Hall–Kier alpha value is -3.97. The van der Waals surface area contributed by atoms with Crippen molar-refractivity contribution >= 4 is 40.5 Å². The number of carboxylic acid groups (broad SMARTS) is 1. The van der Waals surface area contributed by atoms with Gasteiger partial charge in [-0.25, -0.2) is 4.79 Å². The summed E-state index contributed by atoms with van der Waals surface area (Å²) in [4.78, 5) is 65.2. The number of nitrogens with two attached hydrogens (primary N) is 2. The molecule has 0 radical (unpaired) electrons. The summed E-state index contributed by atoms with van der Waals surface area (Å²) in [7, 11) is 0. The number of aliphatic hydroxyl groups excluding tert-OH is 1. The molecule has 0 spiro atoms. The number of primary amides is 1. The van der Waals surface area contributed by atoms with Crippen LogP contribution in [0.25, 0.3) is 10.9 Å². The van der Waals surface area contributed by atoms with E-state index in [0.29, 0.717) is 5.56 Å². The Morgan fingerprint density at radius 1 is 0.923 bits per heavy atom. The number of hydrogen-bond acceptors (Lipinski definition) is 7. The van der Waals surface area contributed by atoms with Crippen LogP contribution >= 0.6 is 0 Å². The van der Waals surface area contributed by atoms with Gasteiger partial charge in [-0.05, 0) is 37.3 Å². The van der Waals surface area contributed by atoms with Crippen molar-refractivity contribution in [1.82, 2.24) is 20.9 Å². The smallest absolute Gasteiger partial charge is 0.326 e. The van der Waals surface area contributed by atoms with E-state index in [-0.39, 0.29) is 31.6 Å². The van der Waals surface area contributed by atoms with E-state index >= 15 is 0 Å². The summed E-state index contributed by atoms with van der Waals surface area (Å²) in [5.74, 6) is -4.37. The van der Waals surface area contributed by atoms with Crippen LogP contribution in [0.15, 0.2) is 30.5 Å². The van der Waals surface area contributed by atoms with Crippen LogP contribution in [0.5, 0.6) is 0 Å². The molecule has 0 aliphatic carbocycles. The van der Waals surface area contributed by atoms with Crippen molar-refractivity contribution in [2.45, 2.75) is 76.7 Å². The van der Waals surface area contributed by atoms with Gasteiger partial charge in [0.05, 0.1) is 6.10 Å². The zero-order chi connectivity index (χ0) is 29.3. The molecule has 0 saturated carbocycles. The van der Waals surface area contributed by atoms with E-state index in [1.165, 1.54) is 6.92 Å². The van der Waals surface area contributed by atoms with Gasteiger partial charge in [0.15, 0.2) is 0 Å². The van der Waals surface area contributed by atoms with Gasteiger partial charge in [0.25, 0.3) is 0 Å². The fraction of sp³-hybridized carbons (Fsp3) is 0.500. The lowest BCUT2D eigenvalue weighted by molar-refractivity contribution is -0.142. The molecule has 0 saturated heterocycles. The lowest BCUT2D eigenvalue weighted by Gasteiger charge is -2.26. The number of aliphatic hydroxyl groups is 1. The number of para-hydroxylation sites is 1. The molecular weight excluding hydrogens is 508 g/mol.